The van der Waals surface area contributed by atoms with E-state index < -0.39 is 0 Å². The summed E-state index contributed by atoms with van der Waals surface area (Å²) < 4.78 is 5.21. The highest BCUT2D eigenvalue weighted by atomic mass is 16.5. The summed E-state index contributed by atoms with van der Waals surface area (Å²) in [6.45, 7) is 5.98. The molecule has 1 aliphatic rings. The highest BCUT2D eigenvalue weighted by Gasteiger charge is 2.23. The Hall–Kier alpha value is -2.83. The second-order valence-corrected chi connectivity index (χ2v) is 6.90. The van der Waals surface area contributed by atoms with Gasteiger partial charge in [0.1, 0.15) is 17.3 Å². The van der Waals surface area contributed by atoms with Gasteiger partial charge in [0.15, 0.2) is 0 Å². The van der Waals surface area contributed by atoms with Crippen LogP contribution >= 0.6 is 0 Å². The van der Waals surface area contributed by atoms with Crippen LogP contribution in [0, 0.1) is 0 Å². The van der Waals surface area contributed by atoms with Crippen molar-refractivity contribution >= 4 is 17.4 Å². The fourth-order valence-electron chi connectivity index (χ4n) is 3.24. The highest BCUT2D eigenvalue weighted by molar-refractivity contribution is 5.92. The van der Waals surface area contributed by atoms with Crippen LogP contribution in [0.15, 0.2) is 36.7 Å². The number of unbranched alkanes of at least 4 members (excludes halogenated alkanes) is 2. The predicted octanol–water partition coefficient (Wildman–Crippen LogP) is 3.05. The first-order valence-corrected chi connectivity index (χ1v) is 9.95. The molecule has 0 saturated carbocycles. The molecule has 1 fully saturated rings. The summed E-state index contributed by atoms with van der Waals surface area (Å²) in [6.07, 6.45) is 6.70. The van der Waals surface area contributed by atoms with Crippen LogP contribution in [0.25, 0.3) is 0 Å². The van der Waals surface area contributed by atoms with Gasteiger partial charge in [-0.2, -0.15) is 0 Å². The van der Waals surface area contributed by atoms with Crippen LogP contribution in [-0.4, -0.2) is 60.6 Å². The van der Waals surface area contributed by atoms with Crippen LogP contribution in [0.3, 0.4) is 0 Å². The summed E-state index contributed by atoms with van der Waals surface area (Å²) in [4.78, 5) is 25.5. The van der Waals surface area contributed by atoms with Gasteiger partial charge < -0.3 is 19.9 Å². The molecule has 3 rings (SSSR count). The number of rotatable bonds is 8. The van der Waals surface area contributed by atoms with E-state index in [4.69, 9.17) is 4.74 Å². The number of carbonyl (C=O) groups excluding carboxylic acids is 1. The van der Waals surface area contributed by atoms with Crippen molar-refractivity contribution in [3.63, 3.8) is 0 Å². The average Bonchev–Trinajstić information content (AvgIpc) is 2.77. The number of hydrogen-bond acceptors (Lipinski definition) is 6. The summed E-state index contributed by atoms with van der Waals surface area (Å²) in [5, 5.41) is 3.24. The molecule has 0 spiro atoms. The van der Waals surface area contributed by atoms with Gasteiger partial charge in [0, 0.05) is 38.4 Å². The number of ether oxygens (including phenoxy) is 1. The van der Waals surface area contributed by atoms with Crippen LogP contribution in [0.5, 0.6) is 5.75 Å². The van der Waals surface area contributed by atoms with Gasteiger partial charge >= 0.3 is 0 Å². The van der Waals surface area contributed by atoms with Gasteiger partial charge in [-0.15, -0.1) is 0 Å². The first-order chi connectivity index (χ1) is 13.7. The molecular formula is C21H29N5O2. The fourth-order valence-corrected chi connectivity index (χ4v) is 3.24. The smallest absolute Gasteiger partial charge is 0.274 e. The van der Waals surface area contributed by atoms with Crippen LogP contribution in [-0.2, 0) is 0 Å². The van der Waals surface area contributed by atoms with Crippen LogP contribution in [0.4, 0.5) is 11.5 Å². The molecule has 7 heteroatoms. The van der Waals surface area contributed by atoms with E-state index in [-0.39, 0.29) is 5.91 Å². The maximum Gasteiger partial charge on any atom is 0.274 e. The average molecular weight is 383 g/mol. The summed E-state index contributed by atoms with van der Waals surface area (Å²) in [6, 6.07) is 8.02. The Labute approximate surface area is 166 Å². The fraction of sp³-hybridized carbons (Fsp3) is 0.476. The molecule has 0 radical (unpaired) electrons. The Morgan fingerprint density at radius 1 is 1.07 bits per heavy atom. The second kappa shape index (κ2) is 9.92. The first-order valence-electron chi connectivity index (χ1n) is 9.95. The van der Waals surface area contributed by atoms with Gasteiger partial charge in [-0.05, 0) is 30.7 Å². The lowest BCUT2D eigenvalue weighted by Crippen LogP contribution is -2.49. The van der Waals surface area contributed by atoms with Crippen molar-refractivity contribution in [3.05, 3.63) is 42.4 Å². The Morgan fingerprint density at radius 2 is 1.82 bits per heavy atom. The Bertz CT molecular complexity index is 740. The van der Waals surface area contributed by atoms with Gasteiger partial charge in [-0.1, -0.05) is 19.8 Å². The molecule has 150 valence electrons. The minimum atomic E-state index is -0.0561. The van der Waals surface area contributed by atoms with Gasteiger partial charge in [-0.3, -0.25) is 4.79 Å². The monoisotopic (exact) mass is 383 g/mol. The molecule has 1 saturated heterocycles. The summed E-state index contributed by atoms with van der Waals surface area (Å²) in [5.41, 5.74) is 1.54. The van der Waals surface area contributed by atoms with Crippen molar-refractivity contribution in [1.82, 2.24) is 14.9 Å². The zero-order valence-corrected chi connectivity index (χ0v) is 16.7. The number of piperazine rings is 1. The normalized spacial score (nSPS) is 14.1. The van der Waals surface area contributed by atoms with E-state index in [2.05, 4.69) is 27.1 Å². The van der Waals surface area contributed by atoms with Crippen molar-refractivity contribution in [2.24, 2.45) is 0 Å². The lowest BCUT2D eigenvalue weighted by atomic mass is 10.2. The molecule has 2 aromatic rings. The molecule has 0 unspecified atom stereocenters. The van der Waals surface area contributed by atoms with Crippen molar-refractivity contribution in [2.75, 3.05) is 50.1 Å². The lowest BCUT2D eigenvalue weighted by Gasteiger charge is -2.36. The molecule has 1 aliphatic heterocycles. The van der Waals surface area contributed by atoms with Crippen molar-refractivity contribution in [3.8, 4) is 5.75 Å². The van der Waals surface area contributed by atoms with Crippen molar-refractivity contribution < 1.29 is 9.53 Å². The third-order valence-electron chi connectivity index (χ3n) is 4.96. The van der Waals surface area contributed by atoms with Crippen molar-refractivity contribution in [1.29, 1.82) is 0 Å². The first kappa shape index (κ1) is 19.9. The molecule has 0 aliphatic carbocycles. The zero-order chi connectivity index (χ0) is 19.8. The third-order valence-corrected chi connectivity index (χ3v) is 4.96. The molecule has 1 aromatic carbocycles. The molecule has 7 nitrogen and oxygen atoms in total. The number of aromatic nitrogens is 2. The van der Waals surface area contributed by atoms with E-state index >= 15 is 0 Å². The minimum Gasteiger partial charge on any atom is -0.497 e. The van der Waals surface area contributed by atoms with Crippen molar-refractivity contribution in [2.45, 2.75) is 26.2 Å². The minimum absolute atomic E-state index is 0.0561. The van der Waals surface area contributed by atoms with E-state index in [0.717, 1.165) is 43.3 Å². The number of nitrogens with one attached hydrogen (secondary N) is 1. The summed E-state index contributed by atoms with van der Waals surface area (Å²) >= 11 is 0. The number of nitrogens with zero attached hydrogens (tertiary/aromatic N) is 4. The van der Waals surface area contributed by atoms with E-state index in [1.807, 2.05) is 29.2 Å². The zero-order valence-electron chi connectivity index (χ0n) is 16.7. The van der Waals surface area contributed by atoms with Crippen LogP contribution in [0.1, 0.15) is 36.7 Å². The standard InChI is InChI=1S/C21H29N5O2/c1-3-4-5-10-22-20-16-23-19(15-24-20)21(27)26-13-11-25(12-14-26)17-6-8-18(28-2)9-7-17/h6-9,15-16H,3-5,10-14H2,1-2H3,(H,22,24). The molecular weight excluding hydrogens is 354 g/mol. The Morgan fingerprint density at radius 3 is 2.43 bits per heavy atom. The molecule has 0 bridgehead atoms. The predicted molar refractivity (Wildman–Crippen MR) is 111 cm³/mol. The highest BCUT2D eigenvalue weighted by Crippen LogP contribution is 2.21. The maximum absolute atomic E-state index is 12.7. The number of benzene rings is 1. The quantitative estimate of drug-likeness (QED) is 0.707. The largest absolute Gasteiger partial charge is 0.497 e. The molecule has 2 heterocycles. The van der Waals surface area contributed by atoms with Gasteiger partial charge in [-0.25, -0.2) is 9.97 Å². The van der Waals surface area contributed by atoms with Gasteiger partial charge in [0.05, 0.1) is 19.5 Å². The van der Waals surface area contributed by atoms with Crippen LogP contribution < -0.4 is 15.0 Å². The lowest BCUT2D eigenvalue weighted by molar-refractivity contribution is 0.0740. The maximum atomic E-state index is 12.7. The number of amides is 1. The van der Waals surface area contributed by atoms with E-state index in [1.54, 1.807) is 19.5 Å². The van der Waals surface area contributed by atoms with Gasteiger partial charge in [0.2, 0.25) is 0 Å². The van der Waals surface area contributed by atoms with E-state index in [0.29, 0.717) is 18.8 Å². The summed E-state index contributed by atoms with van der Waals surface area (Å²) in [7, 11) is 1.66. The number of anilines is 2. The van der Waals surface area contributed by atoms with Gasteiger partial charge in [0.25, 0.3) is 5.91 Å². The molecule has 0 atom stereocenters. The third kappa shape index (κ3) is 5.12. The van der Waals surface area contributed by atoms with E-state index in [1.165, 1.54) is 12.8 Å². The Kier molecular flexibility index (Phi) is 7.06. The molecule has 28 heavy (non-hydrogen) atoms. The number of hydrogen-bond donors (Lipinski definition) is 1. The number of methoxy groups -OCH3 is 1. The molecule has 1 aromatic heterocycles. The molecule has 1 amide bonds. The summed E-state index contributed by atoms with van der Waals surface area (Å²) in [5.74, 6) is 1.51. The number of carbonyl (C=O) groups is 1. The van der Waals surface area contributed by atoms with E-state index in [9.17, 15) is 4.79 Å². The molecule has 1 N–H and O–H groups in total. The topological polar surface area (TPSA) is 70.6 Å². The Balaban J connectivity index is 1.50. The van der Waals surface area contributed by atoms with Crippen LogP contribution in [0.2, 0.25) is 0 Å². The SMILES string of the molecule is CCCCCNc1cnc(C(=O)N2CCN(c3ccc(OC)cc3)CC2)cn1. The second-order valence-electron chi connectivity index (χ2n) is 6.90.